The third-order valence-electron chi connectivity index (χ3n) is 4.17. The standard InChI is InChI=1S/C18H9Cl2F2N5/c1-8-18-25-13(7-23)26-27(18)12-6-5-9(19)16(20)15(12)17(24-8)14-10(21)3-2-4-11(14)22/h2-6,8H,1H3/t8-/m0/s1. The summed E-state index contributed by atoms with van der Waals surface area (Å²) >= 11 is 12.6. The Balaban J connectivity index is 2.12. The minimum absolute atomic E-state index is 0.00593. The monoisotopic (exact) mass is 403 g/mol. The summed E-state index contributed by atoms with van der Waals surface area (Å²) in [4.78, 5) is 8.62. The molecule has 0 saturated heterocycles. The number of hydrogen-bond donors (Lipinski definition) is 0. The summed E-state index contributed by atoms with van der Waals surface area (Å²) in [5, 5.41) is 13.5. The first-order valence-electron chi connectivity index (χ1n) is 7.80. The number of nitrogens with zero attached hydrogens (tertiary/aromatic N) is 5. The summed E-state index contributed by atoms with van der Waals surface area (Å²) in [6.45, 7) is 1.68. The Morgan fingerprint density at radius 1 is 1.11 bits per heavy atom. The van der Waals surface area contributed by atoms with Gasteiger partial charge in [-0.3, -0.25) is 4.99 Å². The molecule has 9 heteroatoms. The van der Waals surface area contributed by atoms with Crippen LogP contribution in [-0.4, -0.2) is 20.5 Å². The molecule has 0 N–H and O–H groups in total. The third-order valence-corrected chi connectivity index (χ3v) is 4.97. The van der Waals surface area contributed by atoms with Crippen molar-refractivity contribution < 1.29 is 8.78 Å². The SMILES string of the molecule is C[C@@H]1N=C(c2c(F)cccc2F)c2c(ccc(Cl)c2Cl)-n2nc(C#N)nc21. The summed E-state index contributed by atoms with van der Waals surface area (Å²) in [5.41, 5.74) is 0.278. The van der Waals surface area contributed by atoms with Crippen molar-refractivity contribution in [2.24, 2.45) is 4.99 Å². The molecule has 0 fully saturated rings. The highest BCUT2D eigenvalue weighted by Gasteiger charge is 2.30. The van der Waals surface area contributed by atoms with Gasteiger partial charge in [0.25, 0.3) is 5.82 Å². The van der Waals surface area contributed by atoms with Crippen LogP contribution in [0, 0.1) is 23.0 Å². The predicted octanol–water partition coefficient (Wildman–Crippen LogP) is 4.64. The number of rotatable bonds is 1. The van der Waals surface area contributed by atoms with Crippen LogP contribution in [0.3, 0.4) is 0 Å². The number of halogens is 4. The van der Waals surface area contributed by atoms with Gasteiger partial charge in [-0.2, -0.15) is 5.26 Å². The summed E-state index contributed by atoms with van der Waals surface area (Å²) < 4.78 is 30.4. The van der Waals surface area contributed by atoms with Crippen LogP contribution in [0.15, 0.2) is 35.3 Å². The van der Waals surface area contributed by atoms with Crippen LogP contribution in [0.2, 0.25) is 10.0 Å². The molecule has 1 aliphatic rings. The van der Waals surface area contributed by atoms with Crippen molar-refractivity contribution in [1.29, 1.82) is 5.26 Å². The van der Waals surface area contributed by atoms with Crippen molar-refractivity contribution in [2.75, 3.05) is 0 Å². The van der Waals surface area contributed by atoms with E-state index in [4.69, 9.17) is 28.5 Å². The third kappa shape index (κ3) is 2.69. The highest BCUT2D eigenvalue weighted by molar-refractivity contribution is 6.45. The zero-order chi connectivity index (χ0) is 19.3. The number of hydrogen-bond acceptors (Lipinski definition) is 4. The van der Waals surface area contributed by atoms with E-state index >= 15 is 0 Å². The van der Waals surface area contributed by atoms with Gasteiger partial charge >= 0.3 is 0 Å². The van der Waals surface area contributed by atoms with Crippen molar-refractivity contribution >= 4 is 28.9 Å². The van der Waals surface area contributed by atoms with Crippen LogP contribution in [0.4, 0.5) is 8.78 Å². The Hall–Kier alpha value is -2.82. The van der Waals surface area contributed by atoms with E-state index in [9.17, 15) is 8.78 Å². The van der Waals surface area contributed by atoms with E-state index in [1.165, 1.54) is 16.8 Å². The average molecular weight is 404 g/mol. The van der Waals surface area contributed by atoms with Gasteiger partial charge in [-0.25, -0.2) is 18.4 Å². The van der Waals surface area contributed by atoms with E-state index in [2.05, 4.69) is 15.1 Å². The van der Waals surface area contributed by atoms with Crippen LogP contribution >= 0.6 is 23.2 Å². The zero-order valence-corrected chi connectivity index (χ0v) is 15.2. The van der Waals surface area contributed by atoms with Gasteiger partial charge in [-0.15, -0.1) is 5.10 Å². The van der Waals surface area contributed by atoms with E-state index in [1.807, 2.05) is 6.07 Å². The molecule has 0 aliphatic carbocycles. The maximum absolute atomic E-state index is 14.5. The van der Waals surface area contributed by atoms with E-state index in [1.54, 1.807) is 13.0 Å². The lowest BCUT2D eigenvalue weighted by Gasteiger charge is -2.14. The largest absolute Gasteiger partial charge is 0.273 e. The first kappa shape index (κ1) is 17.6. The maximum Gasteiger partial charge on any atom is 0.252 e. The van der Waals surface area contributed by atoms with E-state index in [-0.39, 0.29) is 32.7 Å². The van der Waals surface area contributed by atoms with Crippen molar-refractivity contribution in [2.45, 2.75) is 13.0 Å². The molecule has 0 radical (unpaired) electrons. The molecule has 0 bridgehead atoms. The molecule has 0 unspecified atom stereocenters. The molecule has 1 atom stereocenters. The van der Waals surface area contributed by atoms with Crippen molar-refractivity contribution in [3.05, 3.63) is 74.8 Å². The minimum Gasteiger partial charge on any atom is -0.273 e. The fraction of sp³-hybridized carbons (Fsp3) is 0.111. The Labute approximate surface area is 162 Å². The molecule has 1 aliphatic heterocycles. The molecule has 4 rings (SSSR count). The van der Waals surface area contributed by atoms with Crippen molar-refractivity contribution in [3.8, 4) is 11.8 Å². The Bertz CT molecular complexity index is 1140. The Morgan fingerprint density at radius 2 is 1.81 bits per heavy atom. The molecule has 0 saturated carbocycles. The number of benzene rings is 2. The van der Waals surface area contributed by atoms with Gasteiger partial charge in [0.1, 0.15) is 23.7 Å². The van der Waals surface area contributed by atoms with Gasteiger partial charge in [-0.1, -0.05) is 29.3 Å². The van der Waals surface area contributed by atoms with Gasteiger partial charge in [0.05, 0.1) is 27.0 Å². The molecule has 134 valence electrons. The van der Waals surface area contributed by atoms with Crippen molar-refractivity contribution in [1.82, 2.24) is 14.8 Å². The lowest BCUT2D eigenvalue weighted by atomic mass is 9.99. The molecule has 2 aromatic carbocycles. The predicted molar refractivity (Wildman–Crippen MR) is 96.5 cm³/mol. The fourth-order valence-corrected chi connectivity index (χ4v) is 3.40. The normalized spacial score (nSPS) is 15.4. The van der Waals surface area contributed by atoms with Crippen LogP contribution in [-0.2, 0) is 0 Å². The summed E-state index contributed by atoms with van der Waals surface area (Å²) in [7, 11) is 0. The molecule has 0 spiro atoms. The van der Waals surface area contributed by atoms with Gasteiger partial charge in [0.2, 0.25) is 0 Å². The quantitative estimate of drug-likeness (QED) is 0.594. The summed E-state index contributed by atoms with van der Waals surface area (Å²) in [6.07, 6.45) is 0. The average Bonchev–Trinajstić information content (AvgIpc) is 3.03. The van der Waals surface area contributed by atoms with E-state index < -0.39 is 17.7 Å². The smallest absolute Gasteiger partial charge is 0.252 e. The molecular weight excluding hydrogens is 395 g/mol. The molecule has 0 amide bonds. The van der Waals surface area contributed by atoms with Crippen molar-refractivity contribution in [3.63, 3.8) is 0 Å². The summed E-state index contributed by atoms with van der Waals surface area (Å²) in [5.74, 6) is -1.27. The topological polar surface area (TPSA) is 66.9 Å². The minimum atomic E-state index is -0.784. The fourth-order valence-electron chi connectivity index (χ4n) is 2.99. The second-order valence-electron chi connectivity index (χ2n) is 5.82. The Morgan fingerprint density at radius 3 is 2.48 bits per heavy atom. The summed E-state index contributed by atoms with van der Waals surface area (Å²) in [6, 6.07) is 7.90. The Kier molecular flexibility index (Phi) is 4.17. The van der Waals surface area contributed by atoms with Crippen LogP contribution in [0.5, 0.6) is 0 Å². The zero-order valence-electron chi connectivity index (χ0n) is 13.7. The van der Waals surface area contributed by atoms with Crippen LogP contribution in [0.1, 0.15) is 35.7 Å². The highest BCUT2D eigenvalue weighted by Crippen LogP contribution is 2.37. The van der Waals surface area contributed by atoms with E-state index in [0.717, 1.165) is 12.1 Å². The molecule has 27 heavy (non-hydrogen) atoms. The highest BCUT2D eigenvalue weighted by atomic mass is 35.5. The lowest BCUT2D eigenvalue weighted by Crippen LogP contribution is -2.13. The van der Waals surface area contributed by atoms with Crippen LogP contribution in [0.25, 0.3) is 5.69 Å². The number of nitriles is 1. The number of aromatic nitrogens is 3. The number of fused-ring (bicyclic) bond motifs is 3. The van der Waals surface area contributed by atoms with E-state index in [0.29, 0.717) is 11.5 Å². The molecule has 5 nitrogen and oxygen atoms in total. The van der Waals surface area contributed by atoms with Gasteiger partial charge < -0.3 is 0 Å². The first-order chi connectivity index (χ1) is 12.9. The van der Waals surface area contributed by atoms with Gasteiger partial charge in [-0.05, 0) is 31.2 Å². The first-order valence-corrected chi connectivity index (χ1v) is 8.56. The number of aliphatic imine (C=N–C) groups is 1. The van der Waals surface area contributed by atoms with Crippen LogP contribution < -0.4 is 0 Å². The second kappa shape index (κ2) is 6.41. The molecular formula is C18H9Cl2F2N5. The lowest BCUT2D eigenvalue weighted by molar-refractivity contribution is 0.578. The maximum atomic E-state index is 14.5. The molecule has 1 aromatic heterocycles. The molecule has 2 heterocycles. The van der Waals surface area contributed by atoms with Gasteiger partial charge in [0, 0.05) is 5.56 Å². The van der Waals surface area contributed by atoms with Gasteiger partial charge in [0.15, 0.2) is 5.82 Å². The molecule has 3 aromatic rings. The second-order valence-corrected chi connectivity index (χ2v) is 6.61.